The first kappa shape index (κ1) is 17.1. The molecule has 0 fully saturated rings. The molecule has 0 bridgehead atoms. The summed E-state index contributed by atoms with van der Waals surface area (Å²) in [6.07, 6.45) is 29.8. The van der Waals surface area contributed by atoms with Crippen molar-refractivity contribution in [3.8, 4) is 0 Å². The number of hydrogen-bond donors (Lipinski definition) is 0. The molecule has 0 N–H and O–H groups in total. The van der Waals surface area contributed by atoms with Gasteiger partial charge in [0, 0.05) is 25.7 Å². The van der Waals surface area contributed by atoms with Gasteiger partial charge in [0.25, 0.3) is 21.2 Å². The van der Waals surface area contributed by atoms with Crippen molar-refractivity contribution in [2.75, 3.05) is 0 Å². The summed E-state index contributed by atoms with van der Waals surface area (Å²) in [4.78, 5) is 0. The van der Waals surface area contributed by atoms with Crippen LogP contribution >= 0.6 is 0 Å². The fraction of sp³-hybridized carbons (Fsp3) is 0.600. The molecular weight excluding hydrogens is 367 g/mol. The van der Waals surface area contributed by atoms with Gasteiger partial charge in [-0.2, -0.15) is 0 Å². The van der Waals surface area contributed by atoms with Gasteiger partial charge in [-0.05, 0) is 25.0 Å². The highest BCUT2D eigenvalue weighted by molar-refractivity contribution is 5.21. The van der Waals surface area contributed by atoms with Gasteiger partial charge >= 0.3 is 0 Å². The predicted octanol–water partition coefficient (Wildman–Crippen LogP) is 2.97. The van der Waals surface area contributed by atoms with E-state index in [1.54, 1.807) is 0 Å². The Morgan fingerprint density at radius 1 is 0.762 bits per heavy atom. The van der Waals surface area contributed by atoms with Gasteiger partial charge in [-0.15, -0.1) is 0 Å². The number of alkyl halides is 2. The van der Waals surface area contributed by atoms with Crippen molar-refractivity contribution in [2.45, 2.75) is 72.1 Å². The fourth-order valence-corrected chi connectivity index (χ4v) is 8.36. The highest BCUT2D eigenvalue weighted by Gasteiger charge is 2.52. The molecule has 0 heterocycles. The van der Waals surface area contributed by atoms with Gasteiger partial charge < -0.3 is 0 Å². The molecule has 2 aliphatic rings. The van der Waals surface area contributed by atoms with Crippen molar-refractivity contribution in [3.05, 3.63) is 48.6 Å². The molecule has 0 saturated carbocycles. The Bertz CT molecular complexity index is 389. The second-order valence-corrected chi connectivity index (χ2v) is 11.2. The zero-order valence-electron chi connectivity index (χ0n) is 13.7. The lowest BCUT2D eigenvalue weighted by molar-refractivity contribution is -0.771. The fourth-order valence-electron chi connectivity index (χ4n) is 3.20. The molecule has 2 aliphatic carbocycles. The summed E-state index contributed by atoms with van der Waals surface area (Å²) in [5.74, 6) is 0. The Morgan fingerprint density at radius 2 is 1.24 bits per heavy atom. The Balaban J connectivity index is 2.15. The summed E-state index contributed by atoms with van der Waals surface area (Å²) in [5, 5.41) is 0. The van der Waals surface area contributed by atoms with E-state index in [1.807, 2.05) is 0 Å². The first-order valence-corrected chi connectivity index (χ1v) is 10.8. The molecule has 0 amide bonds. The molecule has 2 unspecified atom stereocenters. The SMILES string of the molecule is CCCCC1([I+]C2(CCCC)C=CC=CC2)C=CC=CC1. The molecule has 116 valence electrons. The van der Waals surface area contributed by atoms with Crippen LogP contribution < -0.4 is 21.2 Å². The maximum atomic E-state index is 2.57. The molecule has 21 heavy (non-hydrogen) atoms. The molecule has 2 rings (SSSR count). The van der Waals surface area contributed by atoms with Crippen molar-refractivity contribution in [1.82, 2.24) is 0 Å². The van der Waals surface area contributed by atoms with Crippen molar-refractivity contribution < 1.29 is 21.2 Å². The number of halogens is 1. The van der Waals surface area contributed by atoms with Gasteiger partial charge in [0.05, 0.1) is 0 Å². The highest BCUT2D eigenvalue weighted by Crippen LogP contribution is 2.23. The molecule has 0 saturated heterocycles. The van der Waals surface area contributed by atoms with Crippen LogP contribution in [0.5, 0.6) is 0 Å². The summed E-state index contributed by atoms with van der Waals surface area (Å²) < 4.78 is 1.01. The molecule has 0 aromatic carbocycles. The molecule has 0 nitrogen and oxygen atoms in total. The zero-order chi connectivity index (χ0) is 15.0. The summed E-state index contributed by atoms with van der Waals surface area (Å²) in [6, 6.07) is 0. The third-order valence-electron chi connectivity index (χ3n) is 4.47. The maximum absolute atomic E-state index is 2.57. The van der Waals surface area contributed by atoms with Crippen LogP contribution in [0.3, 0.4) is 0 Å². The number of unbranched alkanes of at least 4 members (excludes halogenated alkanes) is 2. The van der Waals surface area contributed by atoms with E-state index in [-0.39, 0.29) is 21.2 Å². The van der Waals surface area contributed by atoms with Crippen LogP contribution in [0.2, 0.25) is 0 Å². The van der Waals surface area contributed by atoms with Crippen LogP contribution in [0, 0.1) is 0 Å². The molecule has 0 aliphatic heterocycles. The third kappa shape index (κ3) is 4.84. The number of rotatable bonds is 8. The maximum Gasteiger partial charge on any atom is 0.292 e. The van der Waals surface area contributed by atoms with Crippen molar-refractivity contribution in [1.29, 1.82) is 0 Å². The topological polar surface area (TPSA) is 0 Å². The average molecular weight is 397 g/mol. The first-order chi connectivity index (χ1) is 10.2. The van der Waals surface area contributed by atoms with E-state index < -0.39 is 0 Å². The van der Waals surface area contributed by atoms with E-state index in [0.29, 0.717) is 6.84 Å². The number of allylic oxidation sites excluding steroid dienone is 8. The minimum absolute atomic E-state index is 0.108. The summed E-state index contributed by atoms with van der Waals surface area (Å²) in [6.45, 7) is 4.65. The summed E-state index contributed by atoms with van der Waals surface area (Å²) in [5.41, 5.74) is 0. The second-order valence-electron chi connectivity index (χ2n) is 6.35. The summed E-state index contributed by atoms with van der Waals surface area (Å²) >= 11 is 0.108. The molecule has 0 aromatic heterocycles. The van der Waals surface area contributed by atoms with E-state index in [2.05, 4.69) is 62.5 Å². The second kappa shape index (κ2) is 8.36. The lowest BCUT2D eigenvalue weighted by atomic mass is 9.95. The molecule has 1 heteroatoms. The largest absolute Gasteiger partial charge is 0.292 e. The van der Waals surface area contributed by atoms with Gasteiger partial charge in [0.2, 0.25) is 0 Å². The Kier molecular flexibility index (Phi) is 6.78. The van der Waals surface area contributed by atoms with Crippen molar-refractivity contribution in [3.63, 3.8) is 0 Å². The standard InChI is InChI=1S/C20H30I/c1-3-5-13-19(15-9-7-10-16-19)21-20(14-6-4-2)17-11-8-12-18-20/h7-12,15,17H,3-6,13-14,16,18H2,1-2H3/q+1. The van der Waals surface area contributed by atoms with Crippen LogP contribution in [0.15, 0.2) is 48.6 Å². The van der Waals surface area contributed by atoms with E-state index >= 15 is 0 Å². The normalized spacial score (nSPS) is 31.0. The minimum Gasteiger partial charge on any atom is -0.0794 e. The highest BCUT2D eigenvalue weighted by atomic mass is 127. The Hall–Kier alpha value is -0.310. The van der Waals surface area contributed by atoms with Gasteiger partial charge in [0.1, 0.15) is 0 Å². The third-order valence-corrected chi connectivity index (χ3v) is 9.29. The summed E-state index contributed by atoms with van der Waals surface area (Å²) in [7, 11) is 0. The van der Waals surface area contributed by atoms with Crippen LogP contribution in [-0.2, 0) is 0 Å². The molecule has 0 radical (unpaired) electrons. The molecule has 2 atom stereocenters. The van der Waals surface area contributed by atoms with Crippen molar-refractivity contribution >= 4 is 0 Å². The van der Waals surface area contributed by atoms with Crippen LogP contribution in [0.25, 0.3) is 0 Å². The van der Waals surface area contributed by atoms with Crippen molar-refractivity contribution in [2.24, 2.45) is 0 Å². The minimum atomic E-state index is 0.108. The van der Waals surface area contributed by atoms with Crippen LogP contribution in [-0.4, -0.2) is 6.84 Å². The molecule has 0 spiro atoms. The predicted molar refractivity (Wildman–Crippen MR) is 90.3 cm³/mol. The lowest BCUT2D eigenvalue weighted by Gasteiger charge is -2.29. The van der Waals surface area contributed by atoms with Gasteiger partial charge in [-0.1, -0.05) is 63.1 Å². The lowest BCUT2D eigenvalue weighted by Crippen LogP contribution is -3.73. The van der Waals surface area contributed by atoms with Crippen LogP contribution in [0.1, 0.15) is 65.2 Å². The van der Waals surface area contributed by atoms with Gasteiger partial charge in [0.15, 0.2) is 6.84 Å². The van der Waals surface area contributed by atoms with Crippen LogP contribution in [0.4, 0.5) is 0 Å². The molecular formula is C20H30I+. The van der Waals surface area contributed by atoms with E-state index in [9.17, 15) is 0 Å². The monoisotopic (exact) mass is 397 g/mol. The number of hydrogen-bond acceptors (Lipinski definition) is 0. The zero-order valence-corrected chi connectivity index (χ0v) is 15.8. The van der Waals surface area contributed by atoms with E-state index in [4.69, 9.17) is 0 Å². The van der Waals surface area contributed by atoms with Gasteiger partial charge in [-0.25, -0.2) is 0 Å². The quantitative estimate of drug-likeness (QED) is 0.437. The Labute approximate surface area is 141 Å². The molecule has 0 aromatic rings. The Morgan fingerprint density at radius 3 is 1.57 bits per heavy atom. The van der Waals surface area contributed by atoms with E-state index in [1.165, 1.54) is 51.4 Å². The van der Waals surface area contributed by atoms with E-state index in [0.717, 1.165) is 0 Å². The first-order valence-electron chi connectivity index (χ1n) is 8.60. The average Bonchev–Trinajstić information content (AvgIpc) is 2.53. The smallest absolute Gasteiger partial charge is 0.0794 e. The van der Waals surface area contributed by atoms with Gasteiger partial charge in [-0.3, -0.25) is 0 Å².